The Morgan fingerprint density at radius 1 is 1.30 bits per heavy atom. The molecule has 2 unspecified atom stereocenters. The molecule has 0 fully saturated rings. The van der Waals surface area contributed by atoms with Crippen LogP contribution in [0.2, 0.25) is 0 Å². The van der Waals surface area contributed by atoms with Gasteiger partial charge >= 0.3 is 7.12 Å². The van der Waals surface area contributed by atoms with Gasteiger partial charge in [-0.25, -0.2) is 0 Å². The maximum atomic E-state index is 12.3. The van der Waals surface area contributed by atoms with Gasteiger partial charge in [0.05, 0.1) is 0 Å². The minimum atomic E-state index is -1.58. The average Bonchev–Trinajstić information content (AvgIpc) is 2.51. The molecule has 2 atom stereocenters. The van der Waals surface area contributed by atoms with Crippen LogP contribution in [0.3, 0.4) is 0 Å². The van der Waals surface area contributed by atoms with Crippen LogP contribution < -0.4 is 10.8 Å². The van der Waals surface area contributed by atoms with Crippen LogP contribution in [0.25, 0.3) is 0 Å². The van der Waals surface area contributed by atoms with Crippen molar-refractivity contribution in [3.05, 3.63) is 24.3 Å². The Bertz CT molecular complexity index is 549. The Hall–Kier alpha value is -1.86. The zero-order valence-electron chi connectivity index (χ0n) is 14.1. The van der Waals surface area contributed by atoms with Gasteiger partial charge in [0.15, 0.2) is 0 Å². The molecule has 0 radical (unpaired) electrons. The highest BCUT2D eigenvalue weighted by Crippen LogP contribution is 2.19. The third-order valence-corrected chi connectivity index (χ3v) is 3.82. The van der Waals surface area contributed by atoms with Crippen LogP contribution in [-0.4, -0.2) is 48.0 Å². The molecule has 0 heterocycles. The Labute approximate surface area is 137 Å². The van der Waals surface area contributed by atoms with Crippen LogP contribution in [0, 0.1) is 11.8 Å². The van der Waals surface area contributed by atoms with Gasteiger partial charge in [0.1, 0.15) is 0 Å². The summed E-state index contributed by atoms with van der Waals surface area (Å²) in [5.41, 5.74) is 0.809. The summed E-state index contributed by atoms with van der Waals surface area (Å²) in [5.74, 6) is -0.681. The first-order valence-corrected chi connectivity index (χ1v) is 7.74. The summed E-state index contributed by atoms with van der Waals surface area (Å²) in [5, 5.41) is 21.1. The highest BCUT2D eigenvalue weighted by atomic mass is 16.4. The molecular formula is C16H25BN2O4. The summed E-state index contributed by atoms with van der Waals surface area (Å²) in [6, 6.07) is 6.39. The van der Waals surface area contributed by atoms with Gasteiger partial charge in [-0.1, -0.05) is 26.0 Å². The van der Waals surface area contributed by atoms with E-state index in [1.165, 1.54) is 6.07 Å². The van der Waals surface area contributed by atoms with Crippen molar-refractivity contribution in [1.82, 2.24) is 4.90 Å². The van der Waals surface area contributed by atoms with E-state index in [0.29, 0.717) is 24.0 Å². The van der Waals surface area contributed by atoms with E-state index < -0.39 is 7.12 Å². The maximum absolute atomic E-state index is 12.3. The van der Waals surface area contributed by atoms with Gasteiger partial charge < -0.3 is 20.3 Å². The topological polar surface area (TPSA) is 89.9 Å². The van der Waals surface area contributed by atoms with E-state index in [0.717, 1.165) is 0 Å². The number of benzene rings is 1. The van der Waals surface area contributed by atoms with Crippen LogP contribution in [0.15, 0.2) is 24.3 Å². The summed E-state index contributed by atoms with van der Waals surface area (Å²) < 4.78 is 0. The lowest BCUT2D eigenvalue weighted by atomic mass is 9.80. The lowest BCUT2D eigenvalue weighted by Crippen LogP contribution is -2.33. The molecule has 0 saturated heterocycles. The lowest BCUT2D eigenvalue weighted by Gasteiger charge is -2.22. The van der Waals surface area contributed by atoms with Gasteiger partial charge in [-0.05, 0) is 30.4 Å². The molecule has 6 nitrogen and oxygen atoms in total. The average molecular weight is 320 g/mol. The number of anilines is 1. The summed E-state index contributed by atoms with van der Waals surface area (Å²) in [6.45, 7) is 3.72. The number of nitrogens with zero attached hydrogens (tertiary/aromatic N) is 1. The third kappa shape index (κ3) is 5.69. The van der Waals surface area contributed by atoms with Gasteiger partial charge in [0.25, 0.3) is 0 Å². The number of hydrogen-bond acceptors (Lipinski definition) is 4. The minimum absolute atomic E-state index is 0.0255. The molecule has 7 heteroatoms. The van der Waals surface area contributed by atoms with Gasteiger partial charge in [0, 0.05) is 31.6 Å². The second-order valence-electron chi connectivity index (χ2n) is 5.96. The molecule has 0 aromatic heterocycles. The normalized spacial score (nSPS) is 13.1. The van der Waals surface area contributed by atoms with Crippen molar-refractivity contribution in [2.45, 2.75) is 26.7 Å². The first-order chi connectivity index (χ1) is 10.8. The Morgan fingerprint density at radius 3 is 2.48 bits per heavy atom. The molecule has 3 N–H and O–H groups in total. The summed E-state index contributed by atoms with van der Waals surface area (Å²) in [6.07, 6.45) is 1.16. The standard InChI is InChI=1S/C16H25BN2O4/c1-5-12(16(21)19(3)4)9-11(2)15(20)18-14-8-6-7-13(10-14)17(22)23/h6-8,10-12,22-23H,5,9H2,1-4H3,(H,18,20). The van der Waals surface area contributed by atoms with Crippen molar-refractivity contribution in [3.8, 4) is 0 Å². The smallest absolute Gasteiger partial charge is 0.423 e. The van der Waals surface area contributed by atoms with Crippen molar-refractivity contribution in [2.24, 2.45) is 11.8 Å². The van der Waals surface area contributed by atoms with Gasteiger partial charge in [-0.2, -0.15) is 0 Å². The predicted octanol–water partition coefficient (Wildman–Crippen LogP) is 0.445. The highest BCUT2D eigenvalue weighted by Gasteiger charge is 2.24. The van der Waals surface area contributed by atoms with Crippen LogP contribution >= 0.6 is 0 Å². The second kappa shape index (κ2) is 8.69. The van der Waals surface area contributed by atoms with Crippen LogP contribution in [0.1, 0.15) is 26.7 Å². The molecule has 1 rings (SSSR count). The zero-order valence-corrected chi connectivity index (χ0v) is 14.1. The Morgan fingerprint density at radius 2 is 1.96 bits per heavy atom. The van der Waals surface area contributed by atoms with Gasteiger partial charge in [-0.3, -0.25) is 9.59 Å². The molecule has 0 aliphatic rings. The van der Waals surface area contributed by atoms with E-state index in [2.05, 4.69) is 5.32 Å². The number of nitrogens with one attached hydrogen (secondary N) is 1. The Balaban J connectivity index is 2.70. The van der Waals surface area contributed by atoms with Crippen molar-refractivity contribution in [3.63, 3.8) is 0 Å². The van der Waals surface area contributed by atoms with Crippen LogP contribution in [-0.2, 0) is 9.59 Å². The molecular weight excluding hydrogens is 295 g/mol. The fourth-order valence-electron chi connectivity index (χ4n) is 2.38. The number of rotatable bonds is 7. The molecule has 0 aliphatic heterocycles. The van der Waals surface area contributed by atoms with Gasteiger partial charge in [-0.15, -0.1) is 0 Å². The molecule has 0 saturated carbocycles. The number of amides is 2. The summed E-state index contributed by atoms with van der Waals surface area (Å²) in [4.78, 5) is 25.9. The monoisotopic (exact) mass is 320 g/mol. The number of carbonyl (C=O) groups is 2. The molecule has 126 valence electrons. The van der Waals surface area contributed by atoms with Crippen LogP contribution in [0.4, 0.5) is 5.69 Å². The van der Waals surface area contributed by atoms with Crippen molar-refractivity contribution < 1.29 is 19.6 Å². The van der Waals surface area contributed by atoms with Crippen molar-refractivity contribution in [2.75, 3.05) is 19.4 Å². The molecule has 0 bridgehead atoms. The minimum Gasteiger partial charge on any atom is -0.423 e. The van der Waals surface area contributed by atoms with Crippen molar-refractivity contribution >= 4 is 30.1 Å². The molecule has 1 aromatic rings. The number of carbonyl (C=O) groups excluding carboxylic acids is 2. The van der Waals surface area contributed by atoms with Gasteiger partial charge in [0.2, 0.25) is 11.8 Å². The zero-order chi connectivity index (χ0) is 17.6. The van der Waals surface area contributed by atoms with E-state index in [9.17, 15) is 9.59 Å². The lowest BCUT2D eigenvalue weighted by molar-refractivity contribution is -0.134. The number of hydrogen-bond donors (Lipinski definition) is 3. The maximum Gasteiger partial charge on any atom is 0.488 e. The van der Waals surface area contributed by atoms with E-state index in [1.54, 1.807) is 44.1 Å². The van der Waals surface area contributed by atoms with E-state index >= 15 is 0 Å². The SMILES string of the molecule is CCC(CC(C)C(=O)Nc1cccc(B(O)O)c1)C(=O)N(C)C. The Kier molecular flexibility index (Phi) is 7.25. The first-order valence-electron chi connectivity index (χ1n) is 7.74. The molecule has 2 amide bonds. The third-order valence-electron chi connectivity index (χ3n) is 3.82. The molecule has 1 aromatic carbocycles. The largest absolute Gasteiger partial charge is 0.488 e. The quantitative estimate of drug-likeness (QED) is 0.636. The van der Waals surface area contributed by atoms with E-state index in [1.807, 2.05) is 6.92 Å². The second-order valence-corrected chi connectivity index (χ2v) is 5.96. The van der Waals surface area contributed by atoms with Crippen LogP contribution in [0.5, 0.6) is 0 Å². The van der Waals surface area contributed by atoms with E-state index in [4.69, 9.17) is 10.0 Å². The fourth-order valence-corrected chi connectivity index (χ4v) is 2.38. The fraction of sp³-hybridized carbons (Fsp3) is 0.500. The van der Waals surface area contributed by atoms with Crippen molar-refractivity contribution in [1.29, 1.82) is 0 Å². The molecule has 0 aliphatic carbocycles. The highest BCUT2D eigenvalue weighted by molar-refractivity contribution is 6.58. The predicted molar refractivity (Wildman–Crippen MR) is 91.2 cm³/mol. The summed E-state index contributed by atoms with van der Waals surface area (Å²) in [7, 11) is 1.84. The molecule has 0 spiro atoms. The first kappa shape index (κ1) is 19.2. The molecule has 23 heavy (non-hydrogen) atoms. The van der Waals surface area contributed by atoms with E-state index in [-0.39, 0.29) is 23.7 Å². The summed E-state index contributed by atoms with van der Waals surface area (Å²) >= 11 is 0.